The molecule has 1 aromatic rings. The molecule has 1 aromatic carbocycles. The molecule has 0 saturated carbocycles. The Labute approximate surface area is 92.1 Å². The van der Waals surface area contributed by atoms with Gasteiger partial charge < -0.3 is 5.11 Å². The summed E-state index contributed by atoms with van der Waals surface area (Å²) in [6.45, 7) is 1.12. The van der Waals surface area contributed by atoms with Gasteiger partial charge in [-0.15, -0.1) is 0 Å². The number of aryl methyl sites for hydroxylation is 1. The van der Waals surface area contributed by atoms with Gasteiger partial charge in [-0.1, -0.05) is 6.07 Å². The van der Waals surface area contributed by atoms with Crippen LogP contribution < -0.4 is 0 Å². The molecule has 0 aliphatic carbocycles. The average molecular weight is 246 g/mol. The number of aliphatic hydroxyl groups is 1. The van der Waals surface area contributed by atoms with Gasteiger partial charge in [0.15, 0.2) is 0 Å². The van der Waals surface area contributed by atoms with E-state index in [2.05, 4.69) is 0 Å². The number of nitrogens with zero attached hydrogens (tertiary/aromatic N) is 1. The zero-order chi connectivity index (χ0) is 11.6. The van der Waals surface area contributed by atoms with E-state index in [1.54, 1.807) is 6.92 Å². The molecule has 4 nitrogen and oxygen atoms in total. The van der Waals surface area contributed by atoms with Gasteiger partial charge in [0.25, 0.3) is 9.05 Å². The van der Waals surface area contributed by atoms with Crippen molar-refractivity contribution in [2.45, 2.75) is 18.4 Å². The van der Waals surface area contributed by atoms with E-state index in [9.17, 15) is 8.42 Å². The van der Waals surface area contributed by atoms with Crippen molar-refractivity contribution in [1.29, 1.82) is 5.26 Å². The van der Waals surface area contributed by atoms with Crippen LogP contribution in [-0.2, 0) is 15.7 Å². The van der Waals surface area contributed by atoms with Crippen LogP contribution in [0.1, 0.15) is 16.7 Å². The summed E-state index contributed by atoms with van der Waals surface area (Å²) < 4.78 is 22.3. The molecule has 0 radical (unpaired) electrons. The molecule has 0 aliphatic rings. The van der Waals surface area contributed by atoms with Crippen molar-refractivity contribution in [3.05, 3.63) is 28.8 Å². The lowest BCUT2D eigenvalue weighted by atomic mass is 10.0. The number of hydrogen-bond donors (Lipinski definition) is 1. The molecule has 0 spiro atoms. The van der Waals surface area contributed by atoms with E-state index in [1.165, 1.54) is 12.1 Å². The number of halogens is 1. The lowest BCUT2D eigenvalue weighted by molar-refractivity contribution is 0.278. The summed E-state index contributed by atoms with van der Waals surface area (Å²) in [4.78, 5) is -0.214. The van der Waals surface area contributed by atoms with Crippen LogP contribution in [0.2, 0.25) is 0 Å². The molecule has 0 heterocycles. The van der Waals surface area contributed by atoms with Crippen LogP contribution in [0.25, 0.3) is 0 Å². The summed E-state index contributed by atoms with van der Waals surface area (Å²) in [5.74, 6) is 0. The average Bonchev–Trinajstić information content (AvgIpc) is 2.15. The first-order chi connectivity index (χ1) is 6.91. The first-order valence-electron chi connectivity index (χ1n) is 4.00. The van der Waals surface area contributed by atoms with E-state index in [-0.39, 0.29) is 16.0 Å². The molecule has 0 amide bonds. The van der Waals surface area contributed by atoms with Crippen molar-refractivity contribution < 1.29 is 13.5 Å². The monoisotopic (exact) mass is 245 g/mol. The molecule has 0 aromatic heterocycles. The first-order valence-corrected chi connectivity index (χ1v) is 6.31. The molecule has 0 saturated heterocycles. The quantitative estimate of drug-likeness (QED) is 0.797. The van der Waals surface area contributed by atoms with Gasteiger partial charge in [-0.05, 0) is 18.6 Å². The molecule has 0 aliphatic heterocycles. The Morgan fingerprint density at radius 2 is 2.13 bits per heavy atom. The molecule has 15 heavy (non-hydrogen) atoms. The fraction of sp³-hybridized carbons (Fsp3) is 0.222. The standard InChI is InChI=1S/C9H8ClNO3S/c1-6-2-3-9(15(10,13)14)8(5-12)7(6)4-11/h2-3,12H,5H2,1H3. The highest BCUT2D eigenvalue weighted by atomic mass is 35.7. The first kappa shape index (κ1) is 12.0. The summed E-state index contributed by atoms with van der Waals surface area (Å²) in [7, 11) is 1.24. The summed E-state index contributed by atoms with van der Waals surface area (Å²) in [6.07, 6.45) is 0. The Morgan fingerprint density at radius 3 is 2.53 bits per heavy atom. The van der Waals surface area contributed by atoms with Crippen LogP contribution in [-0.4, -0.2) is 13.5 Å². The van der Waals surface area contributed by atoms with Crippen LogP contribution in [0.3, 0.4) is 0 Å². The fourth-order valence-corrected chi connectivity index (χ4v) is 2.41. The van der Waals surface area contributed by atoms with Gasteiger partial charge in [0, 0.05) is 16.2 Å². The van der Waals surface area contributed by atoms with Crippen molar-refractivity contribution >= 4 is 19.7 Å². The number of hydrogen-bond acceptors (Lipinski definition) is 4. The van der Waals surface area contributed by atoms with E-state index in [4.69, 9.17) is 21.1 Å². The van der Waals surface area contributed by atoms with Crippen LogP contribution in [0, 0.1) is 18.3 Å². The summed E-state index contributed by atoms with van der Waals surface area (Å²) in [6, 6.07) is 4.61. The van der Waals surface area contributed by atoms with E-state index in [0.717, 1.165) is 0 Å². The maximum Gasteiger partial charge on any atom is 0.261 e. The molecule has 0 bridgehead atoms. The predicted octanol–water partition coefficient (Wildman–Crippen LogP) is 1.29. The van der Waals surface area contributed by atoms with E-state index < -0.39 is 15.7 Å². The van der Waals surface area contributed by atoms with E-state index in [0.29, 0.717) is 5.56 Å². The van der Waals surface area contributed by atoms with Crippen molar-refractivity contribution in [3.8, 4) is 6.07 Å². The van der Waals surface area contributed by atoms with Crippen LogP contribution in [0.5, 0.6) is 0 Å². The SMILES string of the molecule is Cc1ccc(S(=O)(=O)Cl)c(CO)c1C#N. The maximum atomic E-state index is 11.1. The molecule has 6 heteroatoms. The third-order valence-electron chi connectivity index (χ3n) is 2.01. The minimum Gasteiger partial charge on any atom is -0.392 e. The Balaban J connectivity index is 3.66. The van der Waals surface area contributed by atoms with Gasteiger partial charge in [0.2, 0.25) is 0 Å². The Hall–Kier alpha value is -1.09. The number of aliphatic hydroxyl groups excluding tert-OH is 1. The largest absolute Gasteiger partial charge is 0.392 e. The van der Waals surface area contributed by atoms with Crippen LogP contribution in [0.15, 0.2) is 17.0 Å². The number of benzene rings is 1. The highest BCUT2D eigenvalue weighted by Gasteiger charge is 2.19. The van der Waals surface area contributed by atoms with Crippen LogP contribution >= 0.6 is 10.7 Å². The molecule has 0 fully saturated rings. The van der Waals surface area contributed by atoms with Crippen molar-refractivity contribution in [2.75, 3.05) is 0 Å². The lowest BCUT2D eigenvalue weighted by Gasteiger charge is -2.08. The molecule has 80 valence electrons. The normalized spacial score (nSPS) is 11.1. The third kappa shape index (κ3) is 2.29. The smallest absolute Gasteiger partial charge is 0.261 e. The Bertz CT molecular complexity index is 531. The molecule has 0 unspecified atom stereocenters. The van der Waals surface area contributed by atoms with E-state index >= 15 is 0 Å². The minimum atomic E-state index is -3.93. The highest BCUT2D eigenvalue weighted by Crippen LogP contribution is 2.25. The predicted molar refractivity (Wildman–Crippen MR) is 54.9 cm³/mol. The van der Waals surface area contributed by atoms with Gasteiger partial charge in [-0.25, -0.2) is 8.42 Å². The summed E-state index contributed by atoms with van der Waals surface area (Å²) in [5.41, 5.74) is 0.803. The van der Waals surface area contributed by atoms with Gasteiger partial charge >= 0.3 is 0 Å². The minimum absolute atomic E-state index is 0.0486. The van der Waals surface area contributed by atoms with Gasteiger partial charge in [0.1, 0.15) is 0 Å². The molecular weight excluding hydrogens is 238 g/mol. The van der Waals surface area contributed by atoms with Crippen LogP contribution in [0.4, 0.5) is 0 Å². The zero-order valence-corrected chi connectivity index (χ0v) is 9.43. The Kier molecular flexibility index (Phi) is 3.35. The maximum absolute atomic E-state index is 11.1. The highest BCUT2D eigenvalue weighted by molar-refractivity contribution is 8.13. The van der Waals surface area contributed by atoms with Gasteiger partial charge in [0.05, 0.1) is 23.1 Å². The molecule has 1 N–H and O–H groups in total. The van der Waals surface area contributed by atoms with Gasteiger partial charge in [-0.2, -0.15) is 5.26 Å². The fourth-order valence-electron chi connectivity index (χ4n) is 1.29. The Morgan fingerprint density at radius 1 is 1.53 bits per heavy atom. The van der Waals surface area contributed by atoms with E-state index in [1.807, 2.05) is 6.07 Å². The van der Waals surface area contributed by atoms with Crippen molar-refractivity contribution in [3.63, 3.8) is 0 Å². The second-order valence-electron chi connectivity index (χ2n) is 2.94. The van der Waals surface area contributed by atoms with Crippen molar-refractivity contribution in [1.82, 2.24) is 0 Å². The third-order valence-corrected chi connectivity index (χ3v) is 3.42. The number of nitriles is 1. The second-order valence-corrected chi connectivity index (χ2v) is 5.48. The van der Waals surface area contributed by atoms with Gasteiger partial charge in [-0.3, -0.25) is 0 Å². The topological polar surface area (TPSA) is 78.2 Å². The molecule has 1 rings (SSSR count). The van der Waals surface area contributed by atoms with Crippen molar-refractivity contribution in [2.24, 2.45) is 0 Å². The molecular formula is C9H8ClNO3S. The summed E-state index contributed by atoms with van der Waals surface area (Å²) >= 11 is 0. The zero-order valence-electron chi connectivity index (χ0n) is 7.86. The lowest BCUT2D eigenvalue weighted by Crippen LogP contribution is -2.02. The number of rotatable bonds is 2. The summed E-state index contributed by atoms with van der Waals surface area (Å²) in [5, 5.41) is 17.9. The second kappa shape index (κ2) is 4.19. The molecule has 0 atom stereocenters.